The fourth-order valence-electron chi connectivity index (χ4n) is 1.78. The first-order valence-corrected chi connectivity index (χ1v) is 6.74. The minimum Gasteiger partial charge on any atom is -0.508 e. The van der Waals surface area contributed by atoms with Gasteiger partial charge >= 0.3 is 0 Å². The van der Waals surface area contributed by atoms with E-state index >= 15 is 0 Å². The molecule has 2 N–H and O–H groups in total. The molecule has 0 aliphatic heterocycles. The molecule has 0 aromatic heterocycles. The molecule has 0 fully saturated rings. The number of nitrogens with zero attached hydrogens (tertiary/aromatic N) is 2. The number of aliphatic imine (C=N–C) groups is 2. The number of benzene rings is 2. The van der Waals surface area contributed by atoms with Crippen LogP contribution >= 0.6 is 0 Å². The fraction of sp³-hybridized carbons (Fsp3) is 0.176. The first-order chi connectivity index (χ1) is 10.1. The summed E-state index contributed by atoms with van der Waals surface area (Å²) in [7, 11) is 0. The second-order valence-corrected chi connectivity index (χ2v) is 4.81. The molecule has 0 radical (unpaired) electrons. The Morgan fingerprint density at radius 3 is 2.10 bits per heavy atom. The molecule has 0 bridgehead atoms. The molecule has 2 aromatic rings. The molecule has 108 valence electrons. The Hall–Kier alpha value is -2.62. The third kappa shape index (κ3) is 5.10. The lowest BCUT2D eigenvalue weighted by atomic mass is 10.2. The molecular weight excluding hydrogens is 264 g/mol. The van der Waals surface area contributed by atoms with E-state index in [1.165, 1.54) is 0 Å². The third-order valence-electron chi connectivity index (χ3n) is 2.83. The summed E-state index contributed by atoms with van der Waals surface area (Å²) in [6.07, 6.45) is 3.45. The molecule has 2 rings (SSSR count). The van der Waals surface area contributed by atoms with Gasteiger partial charge in [0.2, 0.25) is 0 Å². The highest BCUT2D eigenvalue weighted by Crippen LogP contribution is 2.10. The lowest BCUT2D eigenvalue weighted by Gasteiger charge is -2.02. The van der Waals surface area contributed by atoms with Crippen LogP contribution in [0.2, 0.25) is 0 Å². The molecule has 2 aromatic carbocycles. The van der Waals surface area contributed by atoms with Crippen LogP contribution in [0.25, 0.3) is 0 Å². The number of aromatic hydroxyl groups is 2. The number of rotatable bonds is 5. The van der Waals surface area contributed by atoms with Crippen molar-refractivity contribution >= 4 is 12.4 Å². The van der Waals surface area contributed by atoms with Crippen LogP contribution in [0.1, 0.15) is 18.1 Å². The lowest BCUT2D eigenvalue weighted by molar-refractivity contribution is 0.474. The van der Waals surface area contributed by atoms with Gasteiger partial charge in [-0.05, 0) is 42.3 Å². The molecule has 4 heteroatoms. The van der Waals surface area contributed by atoms with Gasteiger partial charge in [-0.25, -0.2) is 0 Å². The maximum absolute atomic E-state index is 9.36. The van der Waals surface area contributed by atoms with Gasteiger partial charge in [-0.1, -0.05) is 24.3 Å². The summed E-state index contributed by atoms with van der Waals surface area (Å²) in [5.41, 5.74) is 1.72. The van der Waals surface area contributed by atoms with E-state index < -0.39 is 0 Å². The Morgan fingerprint density at radius 1 is 0.952 bits per heavy atom. The predicted octanol–water partition coefficient (Wildman–Crippen LogP) is 3.02. The topological polar surface area (TPSA) is 65.2 Å². The van der Waals surface area contributed by atoms with Crippen molar-refractivity contribution in [2.24, 2.45) is 9.98 Å². The lowest BCUT2D eigenvalue weighted by Crippen LogP contribution is -2.03. The van der Waals surface area contributed by atoms with Crippen LogP contribution in [-0.2, 0) is 0 Å². The van der Waals surface area contributed by atoms with Gasteiger partial charge in [-0.15, -0.1) is 0 Å². The van der Waals surface area contributed by atoms with Gasteiger partial charge in [0.1, 0.15) is 11.5 Å². The van der Waals surface area contributed by atoms with Crippen LogP contribution in [-0.4, -0.2) is 35.2 Å². The number of phenolic OH excluding ortho intramolecular Hbond substituents is 2. The van der Waals surface area contributed by atoms with Crippen LogP contribution in [0, 0.1) is 0 Å². The van der Waals surface area contributed by atoms with E-state index in [2.05, 4.69) is 9.98 Å². The van der Waals surface area contributed by atoms with E-state index in [4.69, 9.17) is 0 Å². The minimum absolute atomic E-state index is 0.0425. The van der Waals surface area contributed by atoms with Gasteiger partial charge < -0.3 is 10.2 Å². The van der Waals surface area contributed by atoms with E-state index in [0.29, 0.717) is 6.54 Å². The highest BCUT2D eigenvalue weighted by molar-refractivity contribution is 5.81. The van der Waals surface area contributed by atoms with E-state index in [-0.39, 0.29) is 17.5 Å². The summed E-state index contributed by atoms with van der Waals surface area (Å²) in [6, 6.07) is 13.9. The van der Waals surface area contributed by atoms with Gasteiger partial charge in [0.05, 0.1) is 12.6 Å². The highest BCUT2D eigenvalue weighted by atomic mass is 16.3. The van der Waals surface area contributed by atoms with Gasteiger partial charge in [0, 0.05) is 12.4 Å². The summed E-state index contributed by atoms with van der Waals surface area (Å²) in [4.78, 5) is 8.70. The van der Waals surface area contributed by atoms with Crippen LogP contribution in [0.15, 0.2) is 58.5 Å². The second kappa shape index (κ2) is 7.24. The molecule has 21 heavy (non-hydrogen) atoms. The van der Waals surface area contributed by atoms with Crippen molar-refractivity contribution in [1.82, 2.24) is 0 Å². The van der Waals surface area contributed by atoms with Crippen molar-refractivity contribution in [1.29, 1.82) is 0 Å². The van der Waals surface area contributed by atoms with Crippen molar-refractivity contribution in [3.63, 3.8) is 0 Å². The average molecular weight is 282 g/mol. The molecule has 0 aliphatic carbocycles. The van der Waals surface area contributed by atoms with Gasteiger partial charge in [-0.3, -0.25) is 9.98 Å². The van der Waals surface area contributed by atoms with Crippen LogP contribution in [0.4, 0.5) is 0 Å². The molecule has 0 amide bonds. The van der Waals surface area contributed by atoms with E-state index in [1.807, 2.05) is 19.1 Å². The van der Waals surface area contributed by atoms with E-state index in [1.54, 1.807) is 48.8 Å². The van der Waals surface area contributed by atoms with Gasteiger partial charge in [0.25, 0.3) is 0 Å². The summed E-state index contributed by atoms with van der Waals surface area (Å²) in [5, 5.41) is 18.7. The van der Waals surface area contributed by atoms with E-state index in [0.717, 1.165) is 11.1 Å². The Bertz CT molecular complexity index is 651. The zero-order valence-corrected chi connectivity index (χ0v) is 11.8. The van der Waals surface area contributed by atoms with Crippen LogP contribution in [0.3, 0.4) is 0 Å². The SMILES string of the molecule is CC(CN=Cc1cccc(O)c1)N=Cc1cccc(O)c1. The van der Waals surface area contributed by atoms with Crippen LogP contribution < -0.4 is 0 Å². The standard InChI is InChI=1S/C17H18N2O2/c1-13(19-12-15-5-3-7-17(21)9-15)10-18-11-14-4-2-6-16(20)8-14/h2-9,11-13,20-21H,10H2,1H3. The smallest absolute Gasteiger partial charge is 0.116 e. The zero-order chi connectivity index (χ0) is 15.1. The fourth-order valence-corrected chi connectivity index (χ4v) is 1.78. The highest BCUT2D eigenvalue weighted by Gasteiger charge is 1.96. The van der Waals surface area contributed by atoms with Crippen molar-refractivity contribution in [2.75, 3.05) is 6.54 Å². The van der Waals surface area contributed by atoms with Crippen LogP contribution in [0.5, 0.6) is 11.5 Å². The Kier molecular flexibility index (Phi) is 5.10. The second-order valence-electron chi connectivity index (χ2n) is 4.81. The van der Waals surface area contributed by atoms with Crippen molar-refractivity contribution in [3.8, 4) is 11.5 Å². The molecule has 0 heterocycles. The normalized spacial score (nSPS) is 13.0. The first kappa shape index (κ1) is 14.8. The summed E-state index contributed by atoms with van der Waals surface area (Å²) in [6.45, 7) is 2.53. The molecule has 1 unspecified atom stereocenters. The number of phenols is 2. The van der Waals surface area contributed by atoms with Crippen molar-refractivity contribution in [3.05, 3.63) is 59.7 Å². The molecule has 0 saturated heterocycles. The average Bonchev–Trinajstić information content (AvgIpc) is 2.45. The number of hydrogen-bond donors (Lipinski definition) is 2. The summed E-state index contributed by atoms with van der Waals surface area (Å²) in [5.74, 6) is 0.461. The molecule has 4 nitrogen and oxygen atoms in total. The maximum Gasteiger partial charge on any atom is 0.116 e. The number of hydrogen-bond acceptors (Lipinski definition) is 4. The molecule has 0 spiro atoms. The molecule has 1 atom stereocenters. The Balaban J connectivity index is 1.88. The first-order valence-electron chi connectivity index (χ1n) is 6.74. The van der Waals surface area contributed by atoms with Crippen molar-refractivity contribution in [2.45, 2.75) is 13.0 Å². The Labute approximate surface area is 124 Å². The van der Waals surface area contributed by atoms with Crippen molar-refractivity contribution < 1.29 is 10.2 Å². The molecule has 0 saturated carbocycles. The summed E-state index contributed by atoms with van der Waals surface area (Å²) < 4.78 is 0. The zero-order valence-electron chi connectivity index (χ0n) is 11.8. The van der Waals surface area contributed by atoms with Gasteiger partial charge in [-0.2, -0.15) is 0 Å². The molecule has 0 aliphatic rings. The predicted molar refractivity (Wildman–Crippen MR) is 85.7 cm³/mol. The van der Waals surface area contributed by atoms with E-state index in [9.17, 15) is 10.2 Å². The largest absolute Gasteiger partial charge is 0.508 e. The van der Waals surface area contributed by atoms with Gasteiger partial charge in [0.15, 0.2) is 0 Å². The monoisotopic (exact) mass is 282 g/mol. The third-order valence-corrected chi connectivity index (χ3v) is 2.83. The maximum atomic E-state index is 9.36. The Morgan fingerprint density at radius 2 is 1.52 bits per heavy atom. The minimum atomic E-state index is 0.0425. The quantitative estimate of drug-likeness (QED) is 0.828. The molecular formula is C17H18N2O2. The summed E-state index contributed by atoms with van der Waals surface area (Å²) >= 11 is 0.